The van der Waals surface area contributed by atoms with Crippen molar-refractivity contribution in [2.24, 2.45) is 0 Å². The van der Waals surface area contributed by atoms with Crippen LogP contribution in [-0.4, -0.2) is 137 Å². The van der Waals surface area contributed by atoms with E-state index in [0.717, 1.165) is 0 Å². The first-order valence-electron chi connectivity index (χ1n) is 7.93. The first kappa shape index (κ1) is 41.7. The van der Waals surface area contributed by atoms with E-state index in [4.69, 9.17) is 56.2 Å². The van der Waals surface area contributed by atoms with Crippen LogP contribution in [0.1, 0.15) is 6.92 Å². The Bertz CT molecular complexity index is 406. The summed E-state index contributed by atoms with van der Waals surface area (Å²) in [6, 6.07) is 0. The quantitative estimate of drug-likeness (QED) is 0.129. The monoisotopic (exact) mass is 482 g/mol. The van der Waals surface area contributed by atoms with E-state index in [9.17, 15) is 19.8 Å². The van der Waals surface area contributed by atoms with E-state index in [1.165, 1.54) is 0 Å². The van der Waals surface area contributed by atoms with Crippen LogP contribution in [0, 0.1) is 0 Å². The summed E-state index contributed by atoms with van der Waals surface area (Å²) in [5.74, 6) is -3.95. The first-order chi connectivity index (χ1) is 13.2. The zero-order chi connectivity index (χ0) is 23.9. The number of carbonyl (C=O) groups is 2. The molecule has 0 heterocycles. The van der Waals surface area contributed by atoms with Crippen LogP contribution in [0.25, 0.3) is 0 Å². The van der Waals surface area contributed by atoms with Gasteiger partial charge in [0.15, 0.2) is 0 Å². The SMILES string of the molecule is CCO.O=C([O-])[C@H](O)[C@@H](O)[C@H](O)[C@H](O)CO.O=C([O-])[C@H](O)[C@@H](O)[C@H](O)[C@H](O)CO.[Na+].[Na+]. The van der Waals surface area contributed by atoms with Crippen molar-refractivity contribution in [1.29, 1.82) is 0 Å². The van der Waals surface area contributed by atoms with E-state index in [1.807, 2.05) is 0 Å². The maximum Gasteiger partial charge on any atom is 1.00 e. The van der Waals surface area contributed by atoms with Gasteiger partial charge in [-0.3, -0.25) is 0 Å². The third-order valence-corrected chi connectivity index (χ3v) is 2.99. The predicted octanol–water partition coefficient (Wildman–Crippen LogP) is -15.6. The number of carboxylic acids is 2. The second-order valence-electron chi connectivity index (χ2n) is 5.31. The molecule has 0 radical (unpaired) electrons. The summed E-state index contributed by atoms with van der Waals surface area (Å²) in [7, 11) is 0. The van der Waals surface area contributed by atoms with Gasteiger partial charge in [0, 0.05) is 6.61 Å². The molecule has 0 bridgehead atoms. The van der Waals surface area contributed by atoms with Crippen molar-refractivity contribution in [3.8, 4) is 0 Å². The zero-order valence-corrected chi connectivity index (χ0v) is 21.3. The average Bonchev–Trinajstić information content (AvgIpc) is 2.69. The van der Waals surface area contributed by atoms with Crippen molar-refractivity contribution in [2.45, 2.75) is 55.8 Å². The van der Waals surface area contributed by atoms with Crippen LogP contribution in [0.3, 0.4) is 0 Å². The average molecular weight is 482 g/mol. The van der Waals surface area contributed by atoms with E-state index in [0.29, 0.717) is 0 Å². The van der Waals surface area contributed by atoms with Crippen LogP contribution in [0.4, 0.5) is 0 Å². The number of carboxylic acid groups (broad SMARTS) is 2. The maximum atomic E-state index is 9.98. The van der Waals surface area contributed by atoms with Gasteiger partial charge in [-0.05, 0) is 6.92 Å². The molecule has 8 atom stereocenters. The molecule has 0 aliphatic heterocycles. The van der Waals surface area contributed by atoms with Crippen molar-refractivity contribution in [1.82, 2.24) is 0 Å². The van der Waals surface area contributed by atoms with Gasteiger partial charge in [-0.2, -0.15) is 0 Å². The Morgan fingerprint density at radius 1 is 0.613 bits per heavy atom. The van der Waals surface area contributed by atoms with Crippen molar-refractivity contribution >= 4 is 11.9 Å². The molecule has 17 heteroatoms. The number of aliphatic hydroxyl groups excluding tert-OH is 11. The van der Waals surface area contributed by atoms with Gasteiger partial charge in [0.05, 0.1) is 25.2 Å². The molecular weight excluding hydrogens is 454 g/mol. The molecule has 0 aliphatic rings. The Hall–Kier alpha value is 0.500. The van der Waals surface area contributed by atoms with Gasteiger partial charge < -0.3 is 76.0 Å². The fraction of sp³-hybridized carbons (Fsp3) is 0.857. The summed E-state index contributed by atoms with van der Waals surface area (Å²) >= 11 is 0. The second-order valence-corrected chi connectivity index (χ2v) is 5.31. The Morgan fingerprint density at radius 3 is 0.935 bits per heavy atom. The standard InChI is InChI=1S/2C6H12O7.C2H6O.2Na/c2*7-1-2(8)3(9)4(10)5(11)6(12)13;1-2-3;;/h2*2-5,7-11H,1H2,(H,12,13);3H,2H2,1H3;;/q;;;2*+1/p-2/t2*2-,3-,4+,5-;;;/m11.../s1. The first-order valence-corrected chi connectivity index (χ1v) is 7.93. The number of aliphatic carboxylic acids is 2. The predicted molar refractivity (Wildman–Crippen MR) is 85.0 cm³/mol. The minimum Gasteiger partial charge on any atom is -0.547 e. The number of hydrogen-bond donors (Lipinski definition) is 11. The number of carbonyl (C=O) groups excluding carboxylic acids is 2. The van der Waals surface area contributed by atoms with E-state index in [2.05, 4.69) is 0 Å². The van der Waals surface area contributed by atoms with Crippen molar-refractivity contribution in [3.05, 3.63) is 0 Å². The summed E-state index contributed by atoms with van der Waals surface area (Å²) in [5.41, 5.74) is 0. The minimum atomic E-state index is -2.31. The third kappa shape index (κ3) is 18.6. The molecular formula is C14H28Na2O15. The van der Waals surface area contributed by atoms with Gasteiger partial charge >= 0.3 is 59.1 Å². The van der Waals surface area contributed by atoms with Crippen LogP contribution in [-0.2, 0) is 9.59 Å². The van der Waals surface area contributed by atoms with Crippen LogP contribution in [0.15, 0.2) is 0 Å². The molecule has 0 unspecified atom stereocenters. The van der Waals surface area contributed by atoms with Crippen LogP contribution in [0.5, 0.6) is 0 Å². The van der Waals surface area contributed by atoms with Gasteiger partial charge in [-0.25, -0.2) is 0 Å². The summed E-state index contributed by atoms with van der Waals surface area (Å²) in [6.07, 6.45) is -16.2. The molecule has 0 aliphatic carbocycles. The molecule has 0 aromatic carbocycles. The van der Waals surface area contributed by atoms with E-state index >= 15 is 0 Å². The molecule has 0 fully saturated rings. The molecule has 0 rings (SSSR count). The van der Waals surface area contributed by atoms with Gasteiger partial charge in [-0.1, -0.05) is 0 Å². The topological polar surface area (TPSA) is 303 Å². The Labute approximate surface area is 221 Å². The van der Waals surface area contributed by atoms with Gasteiger partial charge in [0.2, 0.25) is 0 Å². The van der Waals surface area contributed by atoms with E-state index < -0.39 is 74.0 Å². The number of hydrogen-bond acceptors (Lipinski definition) is 15. The van der Waals surface area contributed by atoms with Crippen LogP contribution in [0.2, 0.25) is 0 Å². The Kier molecular flexibility index (Phi) is 31.8. The van der Waals surface area contributed by atoms with Crippen molar-refractivity contribution in [3.63, 3.8) is 0 Å². The molecule has 0 saturated heterocycles. The molecule has 31 heavy (non-hydrogen) atoms. The van der Waals surface area contributed by atoms with Gasteiger partial charge in [-0.15, -0.1) is 0 Å². The fourth-order valence-electron chi connectivity index (χ4n) is 1.32. The second kappa shape index (κ2) is 23.7. The van der Waals surface area contributed by atoms with Gasteiger partial charge in [0.25, 0.3) is 0 Å². The molecule has 11 N–H and O–H groups in total. The minimum absolute atomic E-state index is 0. The molecule has 0 aromatic rings. The molecule has 176 valence electrons. The normalized spacial score (nSPS) is 17.7. The van der Waals surface area contributed by atoms with Gasteiger partial charge in [0.1, 0.15) is 48.8 Å². The summed E-state index contributed by atoms with van der Waals surface area (Å²) in [4.78, 5) is 20.0. The number of aliphatic hydroxyl groups is 11. The van der Waals surface area contributed by atoms with Crippen LogP contribution < -0.4 is 69.3 Å². The summed E-state index contributed by atoms with van der Waals surface area (Å²) < 4.78 is 0. The van der Waals surface area contributed by atoms with Crippen molar-refractivity contribution < 1.29 is 135 Å². The Morgan fingerprint density at radius 2 is 0.806 bits per heavy atom. The molecule has 0 saturated carbocycles. The number of rotatable bonds is 10. The Balaban J connectivity index is -0.000000122. The molecule has 0 amide bonds. The molecule has 0 spiro atoms. The summed E-state index contributed by atoms with van der Waals surface area (Å²) in [6.45, 7) is 0.204. The maximum absolute atomic E-state index is 9.98. The molecule has 0 aromatic heterocycles. The fourth-order valence-corrected chi connectivity index (χ4v) is 1.32. The third-order valence-electron chi connectivity index (χ3n) is 2.99. The largest absolute Gasteiger partial charge is 1.00 e. The summed E-state index contributed by atoms with van der Waals surface area (Å²) in [5, 5.41) is 114. The van der Waals surface area contributed by atoms with E-state index in [-0.39, 0.29) is 65.7 Å². The van der Waals surface area contributed by atoms with E-state index in [1.54, 1.807) is 6.92 Å². The zero-order valence-electron chi connectivity index (χ0n) is 17.3. The smallest absolute Gasteiger partial charge is 0.547 e. The van der Waals surface area contributed by atoms with Crippen molar-refractivity contribution in [2.75, 3.05) is 19.8 Å². The molecule has 15 nitrogen and oxygen atoms in total. The van der Waals surface area contributed by atoms with Crippen LogP contribution >= 0.6 is 0 Å².